The zero-order valence-corrected chi connectivity index (χ0v) is 14.6. The number of nitrogens with two attached hydrogens (primary N) is 1. The van der Waals surface area contributed by atoms with Crippen LogP contribution in [0, 0.1) is 12.7 Å². The molecule has 0 radical (unpaired) electrons. The lowest BCUT2D eigenvalue weighted by Gasteiger charge is -2.17. The largest absolute Gasteiger partial charge is 0.493 e. The maximum Gasteiger partial charge on any atom is 0.320 e. The highest BCUT2D eigenvalue weighted by Crippen LogP contribution is 2.32. The van der Waals surface area contributed by atoms with E-state index in [4.69, 9.17) is 20.4 Å². The summed E-state index contributed by atoms with van der Waals surface area (Å²) in [6.07, 6.45) is 0.761. The lowest BCUT2D eigenvalue weighted by Crippen LogP contribution is -2.32. The Hall–Kier alpha value is -2.15. The van der Waals surface area contributed by atoms with Crippen molar-refractivity contribution in [2.24, 2.45) is 5.73 Å². The van der Waals surface area contributed by atoms with E-state index in [9.17, 15) is 9.18 Å². The van der Waals surface area contributed by atoms with Gasteiger partial charge in [-0.2, -0.15) is 0 Å². The van der Waals surface area contributed by atoms with Crippen LogP contribution in [0.25, 0.3) is 0 Å². The molecule has 1 aromatic rings. The first kappa shape index (κ1) is 23.1. The third-order valence-corrected chi connectivity index (χ3v) is 2.83. The standard InChI is InChI=1S/C12H17FN2O3.C2H4O.C2H6/c1-6-7(4-9(14)12(16)17)11(18-3)8(13)5-10(6)15-2;1-2-3;1-2/h5,9,15H,4,14H2,1-3H3,(H,16,17);2H,1H3;1-2H3. The number of carbonyl (C=O) groups excluding carboxylic acids is 1. The van der Waals surface area contributed by atoms with Crippen molar-refractivity contribution in [1.82, 2.24) is 0 Å². The van der Waals surface area contributed by atoms with Gasteiger partial charge in [0.05, 0.1) is 7.11 Å². The van der Waals surface area contributed by atoms with Gasteiger partial charge in [-0.1, -0.05) is 13.8 Å². The fraction of sp³-hybridized carbons (Fsp3) is 0.500. The van der Waals surface area contributed by atoms with Gasteiger partial charge in [0.25, 0.3) is 0 Å². The minimum Gasteiger partial charge on any atom is -0.493 e. The molecule has 6 nitrogen and oxygen atoms in total. The second-order valence-corrected chi connectivity index (χ2v) is 4.18. The maximum atomic E-state index is 13.8. The Labute approximate surface area is 136 Å². The van der Waals surface area contributed by atoms with Gasteiger partial charge in [0.15, 0.2) is 11.6 Å². The quantitative estimate of drug-likeness (QED) is 0.717. The SMILES string of the molecule is CC.CC=O.CNc1cc(F)c(OC)c(CC(N)C(=O)O)c1C. The highest BCUT2D eigenvalue weighted by molar-refractivity contribution is 5.74. The monoisotopic (exact) mass is 330 g/mol. The summed E-state index contributed by atoms with van der Waals surface area (Å²) in [5.74, 6) is -1.63. The number of rotatable bonds is 5. The van der Waals surface area contributed by atoms with Crippen molar-refractivity contribution in [2.45, 2.75) is 40.2 Å². The number of carbonyl (C=O) groups is 2. The maximum absolute atomic E-state index is 13.8. The number of carboxylic acids is 1. The number of hydrogen-bond donors (Lipinski definition) is 3. The van der Waals surface area contributed by atoms with E-state index in [-0.39, 0.29) is 12.2 Å². The number of aldehydes is 1. The summed E-state index contributed by atoms with van der Waals surface area (Å²) in [7, 11) is 3.00. The van der Waals surface area contributed by atoms with Gasteiger partial charge in [-0.25, -0.2) is 4.39 Å². The number of methoxy groups -OCH3 is 1. The summed E-state index contributed by atoms with van der Waals surface area (Å²) in [6.45, 7) is 7.21. The first-order valence-electron chi connectivity index (χ1n) is 7.25. The van der Waals surface area contributed by atoms with E-state index in [1.54, 1.807) is 14.0 Å². The van der Waals surface area contributed by atoms with Gasteiger partial charge >= 0.3 is 5.97 Å². The predicted octanol–water partition coefficient (Wildman–Crippen LogP) is 2.37. The van der Waals surface area contributed by atoms with Gasteiger partial charge in [0, 0.05) is 30.8 Å². The molecule has 0 saturated carbocycles. The van der Waals surface area contributed by atoms with Gasteiger partial charge in [-0.15, -0.1) is 0 Å². The van der Waals surface area contributed by atoms with Gasteiger partial charge in [0.1, 0.15) is 12.3 Å². The number of ether oxygens (including phenoxy) is 1. The van der Waals surface area contributed by atoms with Crippen molar-refractivity contribution in [3.05, 3.63) is 23.0 Å². The first-order valence-corrected chi connectivity index (χ1v) is 7.25. The van der Waals surface area contributed by atoms with Crippen LogP contribution in [0.1, 0.15) is 31.9 Å². The molecule has 0 fully saturated rings. The molecule has 0 saturated heterocycles. The molecule has 0 amide bonds. The summed E-state index contributed by atoms with van der Waals surface area (Å²) in [6, 6.07) is 0.216. The number of carboxylic acid groups (broad SMARTS) is 1. The van der Waals surface area contributed by atoms with E-state index >= 15 is 0 Å². The van der Waals surface area contributed by atoms with Crippen molar-refractivity contribution in [1.29, 1.82) is 0 Å². The Balaban J connectivity index is 0. The normalized spacial score (nSPS) is 10.3. The van der Waals surface area contributed by atoms with E-state index in [0.29, 0.717) is 11.3 Å². The van der Waals surface area contributed by atoms with Crippen LogP contribution < -0.4 is 15.8 Å². The third-order valence-electron chi connectivity index (χ3n) is 2.83. The number of nitrogens with one attached hydrogen (secondary N) is 1. The number of aliphatic carboxylic acids is 1. The van der Waals surface area contributed by atoms with E-state index < -0.39 is 17.8 Å². The molecule has 4 N–H and O–H groups in total. The molecule has 0 bridgehead atoms. The summed E-state index contributed by atoms with van der Waals surface area (Å²) in [5.41, 5.74) is 7.27. The Kier molecular flexibility index (Phi) is 12.5. The second-order valence-electron chi connectivity index (χ2n) is 4.18. The zero-order chi connectivity index (χ0) is 18.6. The van der Waals surface area contributed by atoms with Crippen LogP contribution in [0.3, 0.4) is 0 Å². The lowest BCUT2D eigenvalue weighted by molar-refractivity contribution is -0.138. The summed E-state index contributed by atoms with van der Waals surface area (Å²) >= 11 is 0. The molecule has 0 spiro atoms. The van der Waals surface area contributed by atoms with Crippen LogP contribution in [0.15, 0.2) is 6.07 Å². The van der Waals surface area contributed by atoms with Crippen LogP contribution in [0.5, 0.6) is 5.75 Å². The van der Waals surface area contributed by atoms with E-state index in [1.807, 2.05) is 13.8 Å². The fourth-order valence-corrected chi connectivity index (χ4v) is 1.81. The van der Waals surface area contributed by atoms with Crippen molar-refractivity contribution in [3.8, 4) is 5.75 Å². The highest BCUT2D eigenvalue weighted by atomic mass is 19.1. The fourth-order valence-electron chi connectivity index (χ4n) is 1.81. The Morgan fingerprint density at radius 3 is 2.35 bits per heavy atom. The minimum atomic E-state index is -1.13. The van der Waals surface area contributed by atoms with Gasteiger partial charge in [-0.05, 0) is 19.4 Å². The van der Waals surface area contributed by atoms with Gasteiger partial charge < -0.3 is 25.7 Å². The van der Waals surface area contributed by atoms with Gasteiger partial charge in [0.2, 0.25) is 0 Å². The summed E-state index contributed by atoms with van der Waals surface area (Å²) in [5, 5.41) is 11.7. The van der Waals surface area contributed by atoms with Crippen LogP contribution in [0.2, 0.25) is 0 Å². The van der Waals surface area contributed by atoms with E-state index in [1.165, 1.54) is 20.1 Å². The summed E-state index contributed by atoms with van der Waals surface area (Å²) in [4.78, 5) is 19.6. The number of halogens is 1. The molecule has 1 atom stereocenters. The Bertz CT molecular complexity index is 507. The second kappa shape index (κ2) is 12.4. The van der Waals surface area contributed by atoms with Gasteiger partial charge in [-0.3, -0.25) is 4.79 Å². The van der Waals surface area contributed by atoms with Crippen molar-refractivity contribution < 1.29 is 23.8 Å². The number of benzene rings is 1. The van der Waals surface area contributed by atoms with E-state index in [2.05, 4.69) is 5.32 Å². The Morgan fingerprint density at radius 1 is 1.52 bits per heavy atom. The molecular formula is C16H27FN2O4. The van der Waals surface area contributed by atoms with Crippen LogP contribution in [-0.2, 0) is 16.0 Å². The molecule has 23 heavy (non-hydrogen) atoms. The van der Waals surface area contributed by atoms with Crippen molar-refractivity contribution >= 4 is 17.9 Å². The van der Waals surface area contributed by atoms with Crippen LogP contribution >= 0.6 is 0 Å². The molecule has 1 unspecified atom stereocenters. The average molecular weight is 330 g/mol. The average Bonchev–Trinajstić information content (AvgIpc) is 2.53. The topological polar surface area (TPSA) is 102 Å². The third kappa shape index (κ3) is 7.10. The van der Waals surface area contributed by atoms with Crippen molar-refractivity contribution in [3.63, 3.8) is 0 Å². The molecule has 0 aliphatic carbocycles. The van der Waals surface area contributed by atoms with Crippen LogP contribution in [0.4, 0.5) is 10.1 Å². The molecule has 0 heterocycles. The lowest BCUT2D eigenvalue weighted by atomic mass is 9.98. The highest BCUT2D eigenvalue weighted by Gasteiger charge is 2.21. The number of anilines is 1. The molecule has 0 aromatic heterocycles. The molecule has 1 aromatic carbocycles. The molecule has 0 aliphatic rings. The molecule has 0 aliphatic heterocycles. The Morgan fingerprint density at radius 2 is 2.00 bits per heavy atom. The summed E-state index contributed by atoms with van der Waals surface area (Å²) < 4.78 is 18.8. The molecule has 1 rings (SSSR count). The molecular weight excluding hydrogens is 303 g/mol. The predicted molar refractivity (Wildman–Crippen MR) is 89.6 cm³/mol. The van der Waals surface area contributed by atoms with Crippen molar-refractivity contribution in [2.75, 3.05) is 19.5 Å². The molecule has 7 heteroatoms. The van der Waals surface area contributed by atoms with E-state index in [0.717, 1.165) is 11.8 Å². The minimum absolute atomic E-state index is 0.0107. The smallest absolute Gasteiger partial charge is 0.320 e. The molecule has 132 valence electrons. The van der Waals surface area contributed by atoms with Crippen LogP contribution in [-0.4, -0.2) is 37.6 Å². The number of hydrogen-bond acceptors (Lipinski definition) is 5. The zero-order valence-electron chi connectivity index (χ0n) is 14.6. The first-order chi connectivity index (χ1) is 10.8.